The summed E-state index contributed by atoms with van der Waals surface area (Å²) >= 11 is 0. The number of carbonyl (C=O) groups is 1. The maximum absolute atomic E-state index is 10.7. The lowest BCUT2D eigenvalue weighted by Crippen LogP contribution is -2.32. The summed E-state index contributed by atoms with van der Waals surface area (Å²) in [5.74, 6) is -0.978. The van der Waals surface area contributed by atoms with Crippen molar-refractivity contribution in [3.63, 3.8) is 0 Å². The number of carboxylic acid groups (broad SMARTS) is 1. The van der Waals surface area contributed by atoms with Gasteiger partial charge in [-0.05, 0) is 13.5 Å². The molecular formula is C9H19NO3. The van der Waals surface area contributed by atoms with Gasteiger partial charge >= 0.3 is 5.97 Å². The molecule has 0 aromatic heterocycles. The van der Waals surface area contributed by atoms with Crippen LogP contribution in [-0.2, 0) is 9.53 Å². The molecule has 1 atom stereocenters. The Labute approximate surface area is 79.5 Å². The van der Waals surface area contributed by atoms with Gasteiger partial charge in [0.1, 0.15) is 0 Å². The number of nitrogens with zero attached hydrogens (tertiary/aromatic N) is 1. The van der Waals surface area contributed by atoms with Crippen LogP contribution >= 0.6 is 0 Å². The summed E-state index contributed by atoms with van der Waals surface area (Å²) in [4.78, 5) is 12.7. The minimum atomic E-state index is -0.716. The van der Waals surface area contributed by atoms with E-state index in [0.717, 1.165) is 6.54 Å². The molecule has 13 heavy (non-hydrogen) atoms. The molecule has 0 rings (SSSR count). The highest BCUT2D eigenvalue weighted by Gasteiger charge is 2.16. The van der Waals surface area contributed by atoms with Gasteiger partial charge in [-0.25, -0.2) is 0 Å². The molecule has 4 heteroatoms. The predicted molar refractivity (Wildman–Crippen MR) is 50.8 cm³/mol. The van der Waals surface area contributed by atoms with Gasteiger partial charge in [0.25, 0.3) is 0 Å². The van der Waals surface area contributed by atoms with E-state index in [9.17, 15) is 4.79 Å². The van der Waals surface area contributed by atoms with Crippen molar-refractivity contribution in [1.82, 2.24) is 4.90 Å². The molecular weight excluding hydrogens is 170 g/mol. The molecule has 0 bridgehead atoms. The molecule has 0 aliphatic heterocycles. The van der Waals surface area contributed by atoms with Gasteiger partial charge in [0.15, 0.2) is 0 Å². The van der Waals surface area contributed by atoms with E-state index >= 15 is 0 Å². The fourth-order valence-corrected chi connectivity index (χ4v) is 1.10. The number of methoxy groups -OCH3 is 1. The molecule has 0 aromatic carbocycles. The van der Waals surface area contributed by atoms with Crippen LogP contribution in [0.4, 0.5) is 0 Å². The second-order valence-corrected chi connectivity index (χ2v) is 3.20. The Balaban J connectivity index is 3.73. The third-order valence-corrected chi connectivity index (χ3v) is 2.05. The van der Waals surface area contributed by atoms with Gasteiger partial charge < -0.3 is 14.7 Å². The Hall–Kier alpha value is -0.610. The van der Waals surface area contributed by atoms with Crippen LogP contribution < -0.4 is 0 Å². The Morgan fingerprint density at radius 3 is 2.62 bits per heavy atom. The molecule has 0 aliphatic rings. The highest BCUT2D eigenvalue weighted by molar-refractivity contribution is 5.70. The van der Waals surface area contributed by atoms with E-state index < -0.39 is 5.97 Å². The molecule has 4 nitrogen and oxygen atoms in total. The highest BCUT2D eigenvalue weighted by Crippen LogP contribution is 2.04. The van der Waals surface area contributed by atoms with Gasteiger partial charge in [0.05, 0.1) is 12.5 Å². The van der Waals surface area contributed by atoms with E-state index in [0.29, 0.717) is 19.6 Å². The number of rotatable bonds is 7. The number of likely N-dealkylation sites (N-methyl/N-ethyl adjacent to an activating group) is 1. The Morgan fingerprint density at radius 1 is 1.62 bits per heavy atom. The number of carboxylic acids is 1. The van der Waals surface area contributed by atoms with Gasteiger partial charge in [-0.2, -0.15) is 0 Å². The first-order chi connectivity index (χ1) is 6.11. The van der Waals surface area contributed by atoms with Crippen LogP contribution in [0.3, 0.4) is 0 Å². The van der Waals surface area contributed by atoms with Gasteiger partial charge in [0, 0.05) is 20.2 Å². The van der Waals surface area contributed by atoms with Crippen molar-refractivity contribution < 1.29 is 14.6 Å². The monoisotopic (exact) mass is 189 g/mol. The molecule has 0 aliphatic carbocycles. The SMILES string of the molecule is CCC(CN(C)CCOC)C(=O)O. The fourth-order valence-electron chi connectivity index (χ4n) is 1.10. The quantitative estimate of drug-likeness (QED) is 0.639. The van der Waals surface area contributed by atoms with Crippen molar-refractivity contribution in [2.24, 2.45) is 5.92 Å². The second kappa shape index (κ2) is 6.86. The average Bonchev–Trinajstić information content (AvgIpc) is 2.10. The number of hydrogen-bond donors (Lipinski definition) is 1. The van der Waals surface area contributed by atoms with E-state index in [1.165, 1.54) is 0 Å². The van der Waals surface area contributed by atoms with Gasteiger partial charge in [-0.1, -0.05) is 6.92 Å². The topological polar surface area (TPSA) is 49.8 Å². The average molecular weight is 189 g/mol. The maximum Gasteiger partial charge on any atom is 0.307 e. The molecule has 0 saturated carbocycles. The van der Waals surface area contributed by atoms with Crippen molar-refractivity contribution in [3.05, 3.63) is 0 Å². The van der Waals surface area contributed by atoms with Gasteiger partial charge in [0.2, 0.25) is 0 Å². The zero-order valence-corrected chi connectivity index (χ0v) is 8.62. The maximum atomic E-state index is 10.7. The highest BCUT2D eigenvalue weighted by atomic mass is 16.5. The zero-order chi connectivity index (χ0) is 10.3. The minimum Gasteiger partial charge on any atom is -0.481 e. The van der Waals surface area contributed by atoms with Crippen LogP contribution in [0.15, 0.2) is 0 Å². The summed E-state index contributed by atoms with van der Waals surface area (Å²) in [6, 6.07) is 0. The molecule has 0 aromatic rings. The molecule has 0 heterocycles. The Bertz CT molecular complexity index is 150. The Morgan fingerprint density at radius 2 is 2.23 bits per heavy atom. The van der Waals surface area contributed by atoms with Crippen LogP contribution in [0.1, 0.15) is 13.3 Å². The smallest absolute Gasteiger partial charge is 0.307 e. The molecule has 0 saturated heterocycles. The molecule has 1 N–H and O–H groups in total. The summed E-state index contributed by atoms with van der Waals surface area (Å²) in [6.07, 6.45) is 0.673. The molecule has 0 fully saturated rings. The minimum absolute atomic E-state index is 0.262. The van der Waals surface area contributed by atoms with Crippen LogP contribution in [0, 0.1) is 5.92 Å². The van der Waals surface area contributed by atoms with E-state index in [1.54, 1.807) is 7.11 Å². The lowest BCUT2D eigenvalue weighted by Gasteiger charge is -2.19. The van der Waals surface area contributed by atoms with E-state index in [4.69, 9.17) is 9.84 Å². The normalized spacial score (nSPS) is 13.2. The third kappa shape index (κ3) is 5.60. The standard InChI is InChI=1S/C9H19NO3/c1-4-8(9(11)12)7-10(2)5-6-13-3/h8H,4-7H2,1-3H3,(H,11,12). The lowest BCUT2D eigenvalue weighted by atomic mass is 10.1. The molecule has 0 radical (unpaired) electrons. The van der Waals surface area contributed by atoms with Crippen LogP contribution in [0.25, 0.3) is 0 Å². The van der Waals surface area contributed by atoms with Gasteiger partial charge in [-0.15, -0.1) is 0 Å². The van der Waals surface area contributed by atoms with Crippen molar-refractivity contribution in [2.75, 3.05) is 33.9 Å². The summed E-state index contributed by atoms with van der Waals surface area (Å²) in [5.41, 5.74) is 0. The zero-order valence-electron chi connectivity index (χ0n) is 8.62. The third-order valence-electron chi connectivity index (χ3n) is 2.05. The van der Waals surface area contributed by atoms with Crippen LogP contribution in [0.5, 0.6) is 0 Å². The molecule has 78 valence electrons. The van der Waals surface area contributed by atoms with Crippen molar-refractivity contribution in [2.45, 2.75) is 13.3 Å². The fraction of sp³-hybridized carbons (Fsp3) is 0.889. The summed E-state index contributed by atoms with van der Waals surface area (Å²) in [6.45, 7) is 3.91. The van der Waals surface area contributed by atoms with E-state index in [-0.39, 0.29) is 5.92 Å². The second-order valence-electron chi connectivity index (χ2n) is 3.20. The van der Waals surface area contributed by atoms with Crippen LogP contribution in [-0.4, -0.2) is 49.8 Å². The van der Waals surface area contributed by atoms with E-state index in [1.807, 2.05) is 18.9 Å². The number of hydrogen-bond acceptors (Lipinski definition) is 3. The summed E-state index contributed by atoms with van der Waals surface area (Å²) in [7, 11) is 3.55. The first kappa shape index (κ1) is 12.4. The van der Waals surface area contributed by atoms with Crippen molar-refractivity contribution in [3.8, 4) is 0 Å². The number of aliphatic carboxylic acids is 1. The summed E-state index contributed by atoms with van der Waals surface area (Å²) < 4.78 is 4.90. The largest absolute Gasteiger partial charge is 0.481 e. The Kier molecular flexibility index (Phi) is 6.54. The molecule has 1 unspecified atom stereocenters. The van der Waals surface area contributed by atoms with Gasteiger partial charge in [-0.3, -0.25) is 4.79 Å². The van der Waals surface area contributed by atoms with Crippen molar-refractivity contribution in [1.29, 1.82) is 0 Å². The first-order valence-electron chi connectivity index (χ1n) is 4.52. The van der Waals surface area contributed by atoms with E-state index in [2.05, 4.69) is 0 Å². The molecule has 0 spiro atoms. The molecule has 0 amide bonds. The first-order valence-corrected chi connectivity index (χ1v) is 4.52. The predicted octanol–water partition coefficient (Wildman–Crippen LogP) is 0.675. The number of ether oxygens (including phenoxy) is 1. The van der Waals surface area contributed by atoms with Crippen LogP contribution in [0.2, 0.25) is 0 Å². The van der Waals surface area contributed by atoms with Crippen molar-refractivity contribution >= 4 is 5.97 Å². The summed E-state index contributed by atoms with van der Waals surface area (Å²) in [5, 5.41) is 8.79. The lowest BCUT2D eigenvalue weighted by molar-refractivity contribution is -0.142.